The van der Waals surface area contributed by atoms with E-state index in [4.69, 9.17) is 0 Å². The maximum Gasteiger partial charge on any atom is 0.331 e. The Balaban J connectivity index is 1.80. The molecule has 144 valence electrons. The summed E-state index contributed by atoms with van der Waals surface area (Å²) in [6, 6.07) is 5.47. The molecule has 7 nitrogen and oxygen atoms in total. The van der Waals surface area contributed by atoms with E-state index >= 15 is 0 Å². The van der Waals surface area contributed by atoms with Crippen molar-refractivity contribution >= 4 is 17.6 Å². The summed E-state index contributed by atoms with van der Waals surface area (Å²) in [6.07, 6.45) is 4.22. The van der Waals surface area contributed by atoms with E-state index in [1.807, 2.05) is 12.1 Å². The van der Waals surface area contributed by atoms with Gasteiger partial charge in [0.1, 0.15) is 5.82 Å². The van der Waals surface area contributed by atoms with E-state index < -0.39 is 11.5 Å². The number of Topliss-reactive ketones (excluding diaryl/α,β-unsaturated/α-hetero) is 1. The second-order valence-electron chi connectivity index (χ2n) is 8.18. The Kier molecular flexibility index (Phi) is 4.80. The number of carboxylic acid groups (broad SMARTS) is 1. The summed E-state index contributed by atoms with van der Waals surface area (Å²) < 4.78 is 1.62. The molecule has 2 aromatic rings. The van der Waals surface area contributed by atoms with Gasteiger partial charge < -0.3 is 10.0 Å². The van der Waals surface area contributed by atoms with Gasteiger partial charge in [0.15, 0.2) is 11.3 Å². The second-order valence-corrected chi connectivity index (χ2v) is 8.18. The average molecular weight is 370 g/mol. The van der Waals surface area contributed by atoms with Crippen molar-refractivity contribution < 1.29 is 14.7 Å². The molecule has 1 aliphatic heterocycles. The maximum atomic E-state index is 12.2. The Hall–Kier alpha value is -2.70. The van der Waals surface area contributed by atoms with E-state index in [0.717, 1.165) is 11.5 Å². The Morgan fingerprint density at radius 3 is 2.26 bits per heavy atom. The molecule has 1 fully saturated rings. The van der Waals surface area contributed by atoms with Gasteiger partial charge in [-0.05, 0) is 25.1 Å². The number of pyridine rings is 1. The van der Waals surface area contributed by atoms with Gasteiger partial charge in [-0.15, -0.1) is 0 Å². The molecule has 0 saturated carbocycles. The van der Waals surface area contributed by atoms with Gasteiger partial charge >= 0.3 is 5.97 Å². The number of hydrogen-bond donors (Lipinski definition) is 1. The fraction of sp³-hybridized carbons (Fsp3) is 0.500. The topological polar surface area (TPSA) is 88.3 Å². The van der Waals surface area contributed by atoms with Crippen molar-refractivity contribution in [1.29, 1.82) is 0 Å². The first-order valence-electron chi connectivity index (χ1n) is 9.15. The third-order valence-electron chi connectivity index (χ3n) is 5.26. The van der Waals surface area contributed by atoms with Gasteiger partial charge in [0.25, 0.3) is 0 Å². The van der Waals surface area contributed by atoms with Crippen molar-refractivity contribution in [2.45, 2.75) is 51.5 Å². The first kappa shape index (κ1) is 19.1. The van der Waals surface area contributed by atoms with Crippen molar-refractivity contribution in [3.63, 3.8) is 0 Å². The lowest BCUT2D eigenvalue weighted by molar-refractivity contribution is -0.149. The summed E-state index contributed by atoms with van der Waals surface area (Å²) in [6.45, 7) is 8.81. The maximum absolute atomic E-state index is 12.2. The minimum absolute atomic E-state index is 0.0223. The highest BCUT2D eigenvalue weighted by Gasteiger charge is 2.44. The van der Waals surface area contributed by atoms with Crippen molar-refractivity contribution in [2.75, 3.05) is 18.0 Å². The Morgan fingerprint density at radius 1 is 1.15 bits per heavy atom. The van der Waals surface area contributed by atoms with Gasteiger partial charge in [-0.1, -0.05) is 20.8 Å². The molecule has 1 saturated heterocycles. The molecule has 1 aliphatic rings. The normalized spacial score (nSPS) is 17.0. The largest absolute Gasteiger partial charge is 0.479 e. The summed E-state index contributed by atoms with van der Waals surface area (Å²) in [5.41, 5.74) is 0.279. The lowest BCUT2D eigenvalue weighted by Crippen LogP contribution is -2.51. The van der Waals surface area contributed by atoms with Crippen LogP contribution in [0.2, 0.25) is 0 Å². The monoisotopic (exact) mass is 370 g/mol. The Morgan fingerprint density at radius 2 is 1.81 bits per heavy atom. The lowest BCUT2D eigenvalue weighted by Gasteiger charge is -2.39. The predicted molar refractivity (Wildman–Crippen MR) is 102 cm³/mol. The standard InChI is InChI=1S/C20H26N4O3/c1-14(25)15-5-6-17(21-13-15)23-11-8-20(9-12-23,18(26)27)24-10-7-16(22-24)19(2,3)4/h5-7,10,13H,8-9,11-12H2,1-4H3,(H,26,27). The minimum atomic E-state index is -1.04. The highest BCUT2D eigenvalue weighted by Crippen LogP contribution is 2.33. The SMILES string of the molecule is CC(=O)c1ccc(N2CCC(C(=O)O)(n3ccc(C(C)(C)C)n3)CC2)nc1. The van der Waals surface area contributed by atoms with Crippen LogP contribution in [0.25, 0.3) is 0 Å². The van der Waals surface area contributed by atoms with Crippen LogP contribution >= 0.6 is 0 Å². The summed E-state index contributed by atoms with van der Waals surface area (Å²) in [5.74, 6) is -0.119. The highest BCUT2D eigenvalue weighted by atomic mass is 16.4. The first-order valence-corrected chi connectivity index (χ1v) is 9.15. The average Bonchev–Trinajstić information content (AvgIpc) is 3.13. The summed E-state index contributed by atoms with van der Waals surface area (Å²) in [7, 11) is 0. The van der Waals surface area contributed by atoms with E-state index in [1.54, 1.807) is 23.1 Å². The number of nitrogens with zero attached hydrogens (tertiary/aromatic N) is 4. The lowest BCUT2D eigenvalue weighted by atomic mass is 9.87. The molecule has 2 aromatic heterocycles. The van der Waals surface area contributed by atoms with Crippen LogP contribution < -0.4 is 4.90 Å². The molecule has 0 radical (unpaired) electrons. The van der Waals surface area contributed by atoms with Crippen LogP contribution in [-0.2, 0) is 15.7 Å². The molecule has 0 amide bonds. The fourth-order valence-electron chi connectivity index (χ4n) is 3.39. The molecule has 0 atom stereocenters. The van der Waals surface area contributed by atoms with Crippen molar-refractivity contribution in [3.8, 4) is 0 Å². The van der Waals surface area contributed by atoms with Crippen LogP contribution in [-0.4, -0.2) is 44.7 Å². The fourth-order valence-corrected chi connectivity index (χ4v) is 3.39. The zero-order valence-electron chi connectivity index (χ0n) is 16.3. The van der Waals surface area contributed by atoms with E-state index in [1.165, 1.54) is 6.92 Å². The van der Waals surface area contributed by atoms with Crippen LogP contribution in [0.1, 0.15) is 56.6 Å². The van der Waals surface area contributed by atoms with Gasteiger partial charge in [-0.3, -0.25) is 9.48 Å². The number of ketones is 1. The highest BCUT2D eigenvalue weighted by molar-refractivity contribution is 5.93. The molecule has 0 aromatic carbocycles. The molecule has 1 N–H and O–H groups in total. The molecule has 0 spiro atoms. The predicted octanol–water partition coefficient (Wildman–Crippen LogP) is 2.86. The molecule has 0 bridgehead atoms. The zero-order chi connectivity index (χ0) is 19.8. The number of anilines is 1. The van der Waals surface area contributed by atoms with Crippen LogP contribution in [0.4, 0.5) is 5.82 Å². The smallest absolute Gasteiger partial charge is 0.331 e. The van der Waals surface area contributed by atoms with Crippen molar-refractivity contribution in [2.24, 2.45) is 0 Å². The molecule has 27 heavy (non-hydrogen) atoms. The summed E-state index contributed by atoms with van der Waals surface area (Å²) >= 11 is 0. The Bertz CT molecular complexity index is 841. The second kappa shape index (κ2) is 6.79. The number of carbonyl (C=O) groups excluding carboxylic acids is 1. The van der Waals surface area contributed by atoms with E-state index in [-0.39, 0.29) is 11.2 Å². The van der Waals surface area contributed by atoms with Gasteiger partial charge in [0.05, 0.1) is 5.69 Å². The number of carbonyl (C=O) groups is 2. The van der Waals surface area contributed by atoms with Gasteiger partial charge in [0.2, 0.25) is 0 Å². The number of hydrogen-bond acceptors (Lipinski definition) is 5. The quantitative estimate of drug-likeness (QED) is 0.833. The molecule has 0 aliphatic carbocycles. The first-order chi connectivity index (χ1) is 12.6. The van der Waals surface area contributed by atoms with E-state index in [0.29, 0.717) is 31.5 Å². The number of aromatic nitrogens is 3. The van der Waals surface area contributed by atoms with E-state index in [2.05, 4.69) is 35.8 Å². The summed E-state index contributed by atoms with van der Waals surface area (Å²) in [4.78, 5) is 30.0. The molecule has 3 rings (SSSR count). The van der Waals surface area contributed by atoms with Gasteiger partial charge in [0, 0.05) is 49.3 Å². The molecular formula is C20H26N4O3. The van der Waals surface area contributed by atoms with Gasteiger partial charge in [-0.25, -0.2) is 9.78 Å². The van der Waals surface area contributed by atoms with E-state index in [9.17, 15) is 14.7 Å². The van der Waals surface area contributed by atoms with Crippen LogP contribution in [0.5, 0.6) is 0 Å². The summed E-state index contributed by atoms with van der Waals surface area (Å²) in [5, 5.41) is 14.6. The number of aliphatic carboxylic acids is 1. The Labute approximate surface area is 159 Å². The molecular weight excluding hydrogens is 344 g/mol. The third-order valence-corrected chi connectivity index (χ3v) is 5.26. The van der Waals surface area contributed by atoms with Gasteiger partial charge in [-0.2, -0.15) is 5.10 Å². The molecule has 3 heterocycles. The molecule has 0 unspecified atom stereocenters. The van der Waals surface area contributed by atoms with Crippen LogP contribution in [0, 0.1) is 0 Å². The third kappa shape index (κ3) is 3.59. The van der Waals surface area contributed by atoms with Crippen LogP contribution in [0.15, 0.2) is 30.6 Å². The van der Waals surface area contributed by atoms with Crippen LogP contribution in [0.3, 0.4) is 0 Å². The minimum Gasteiger partial charge on any atom is -0.479 e. The number of rotatable bonds is 4. The van der Waals surface area contributed by atoms with Crippen molar-refractivity contribution in [3.05, 3.63) is 41.9 Å². The van der Waals surface area contributed by atoms with Crippen molar-refractivity contribution in [1.82, 2.24) is 14.8 Å². The number of carboxylic acids is 1. The molecule has 7 heteroatoms. The zero-order valence-corrected chi connectivity index (χ0v) is 16.3. The number of piperidine rings is 1.